The molecule has 0 fully saturated rings. The molecule has 122 valence electrons. The molecule has 0 bridgehead atoms. The van der Waals surface area contributed by atoms with E-state index in [0.29, 0.717) is 18.1 Å². The number of ether oxygens (including phenoxy) is 1. The summed E-state index contributed by atoms with van der Waals surface area (Å²) in [7, 11) is 5.56. The number of carbonyl (C=O) groups is 1. The molecule has 6 nitrogen and oxygen atoms in total. The third-order valence-corrected chi connectivity index (χ3v) is 3.26. The minimum atomic E-state index is -0.295. The second-order valence-corrected chi connectivity index (χ2v) is 5.37. The van der Waals surface area contributed by atoms with E-state index in [-0.39, 0.29) is 6.03 Å². The molecule has 1 aromatic carbocycles. The number of nitrogens with one attached hydrogen (secondary N) is 2. The summed E-state index contributed by atoms with van der Waals surface area (Å²) in [6.07, 6.45) is 1.61. The highest BCUT2D eigenvalue weighted by atomic mass is 16.5. The lowest BCUT2D eigenvalue weighted by atomic mass is 10.1. The van der Waals surface area contributed by atoms with Crippen molar-refractivity contribution in [3.05, 3.63) is 53.7 Å². The number of hydrogen-bond acceptors (Lipinski definition) is 4. The second-order valence-electron chi connectivity index (χ2n) is 5.37. The Hall–Kier alpha value is -2.60. The lowest BCUT2D eigenvalue weighted by Crippen LogP contribution is -2.29. The highest BCUT2D eigenvalue weighted by Gasteiger charge is 2.09. The minimum absolute atomic E-state index is 0.295. The van der Waals surface area contributed by atoms with Crippen LogP contribution in [-0.2, 0) is 13.1 Å². The number of amides is 2. The molecular weight excluding hydrogens is 292 g/mol. The first kappa shape index (κ1) is 16.8. The van der Waals surface area contributed by atoms with Gasteiger partial charge in [-0.1, -0.05) is 24.3 Å². The van der Waals surface area contributed by atoms with E-state index in [1.165, 1.54) is 12.7 Å². The number of aromatic nitrogens is 1. The average Bonchev–Trinajstić information content (AvgIpc) is 2.54. The number of methoxy groups -OCH3 is 1. The summed E-state index contributed by atoms with van der Waals surface area (Å²) in [5, 5.41) is 5.60. The van der Waals surface area contributed by atoms with Crippen LogP contribution in [-0.4, -0.2) is 37.1 Å². The number of urea groups is 1. The van der Waals surface area contributed by atoms with Crippen molar-refractivity contribution in [2.24, 2.45) is 0 Å². The van der Waals surface area contributed by atoms with Crippen LogP contribution in [0.25, 0.3) is 0 Å². The Labute approximate surface area is 136 Å². The van der Waals surface area contributed by atoms with Crippen molar-refractivity contribution < 1.29 is 9.53 Å². The highest BCUT2D eigenvalue weighted by molar-refractivity contribution is 5.90. The summed E-state index contributed by atoms with van der Waals surface area (Å²) in [6, 6.07) is 11.2. The summed E-state index contributed by atoms with van der Waals surface area (Å²) in [5.74, 6) is 0.385. The quantitative estimate of drug-likeness (QED) is 0.859. The summed E-state index contributed by atoms with van der Waals surface area (Å²) in [5.41, 5.74) is 2.82. The van der Waals surface area contributed by atoms with Crippen LogP contribution in [0.15, 0.2) is 42.6 Å². The number of carbonyl (C=O) groups excluding carboxylic acids is 1. The Balaban J connectivity index is 1.97. The van der Waals surface area contributed by atoms with Gasteiger partial charge in [-0.2, -0.15) is 0 Å². The van der Waals surface area contributed by atoms with Crippen molar-refractivity contribution in [2.75, 3.05) is 26.5 Å². The van der Waals surface area contributed by atoms with Crippen molar-refractivity contribution in [1.82, 2.24) is 15.2 Å². The maximum atomic E-state index is 12.1. The van der Waals surface area contributed by atoms with Gasteiger partial charge < -0.3 is 20.3 Å². The SMILES string of the molecule is COc1ncccc1NC(=O)NCc1ccccc1CN(C)C. The predicted octanol–water partition coefficient (Wildman–Crippen LogP) is 2.47. The zero-order valence-corrected chi connectivity index (χ0v) is 13.7. The molecular formula is C17H22N4O2. The molecule has 23 heavy (non-hydrogen) atoms. The molecule has 0 saturated carbocycles. The van der Waals surface area contributed by atoms with Crippen LogP contribution in [0.4, 0.5) is 10.5 Å². The van der Waals surface area contributed by atoms with E-state index in [1.54, 1.807) is 18.3 Å². The van der Waals surface area contributed by atoms with Crippen molar-refractivity contribution in [3.8, 4) is 5.88 Å². The molecule has 2 amide bonds. The van der Waals surface area contributed by atoms with E-state index < -0.39 is 0 Å². The van der Waals surface area contributed by atoms with Gasteiger partial charge in [0.2, 0.25) is 5.88 Å². The van der Waals surface area contributed by atoms with E-state index in [4.69, 9.17) is 4.74 Å². The van der Waals surface area contributed by atoms with Gasteiger partial charge in [0.15, 0.2) is 0 Å². The van der Waals surface area contributed by atoms with Crippen molar-refractivity contribution in [3.63, 3.8) is 0 Å². The number of hydrogen-bond donors (Lipinski definition) is 2. The smallest absolute Gasteiger partial charge is 0.319 e. The lowest BCUT2D eigenvalue weighted by Gasteiger charge is -2.15. The molecule has 0 aliphatic carbocycles. The normalized spacial score (nSPS) is 10.4. The molecule has 0 spiro atoms. The molecule has 0 radical (unpaired) electrons. The Bertz CT molecular complexity index is 659. The van der Waals surface area contributed by atoms with Gasteiger partial charge in [0.25, 0.3) is 0 Å². The van der Waals surface area contributed by atoms with Crippen LogP contribution >= 0.6 is 0 Å². The van der Waals surface area contributed by atoms with Gasteiger partial charge in [-0.05, 0) is 37.4 Å². The predicted molar refractivity (Wildman–Crippen MR) is 90.5 cm³/mol. The molecule has 1 aromatic heterocycles. The van der Waals surface area contributed by atoms with E-state index >= 15 is 0 Å². The van der Waals surface area contributed by atoms with E-state index in [9.17, 15) is 4.79 Å². The van der Waals surface area contributed by atoms with Crippen molar-refractivity contribution in [1.29, 1.82) is 0 Å². The van der Waals surface area contributed by atoms with Crippen LogP contribution in [0, 0.1) is 0 Å². The zero-order chi connectivity index (χ0) is 16.7. The maximum Gasteiger partial charge on any atom is 0.319 e. The molecule has 2 N–H and O–H groups in total. The fourth-order valence-corrected chi connectivity index (χ4v) is 2.22. The molecule has 0 atom stereocenters. The number of anilines is 1. The summed E-state index contributed by atoms with van der Waals surface area (Å²) in [6.45, 7) is 1.29. The first-order chi connectivity index (χ1) is 11.1. The second kappa shape index (κ2) is 8.14. The topological polar surface area (TPSA) is 66.5 Å². The number of nitrogens with zero attached hydrogens (tertiary/aromatic N) is 2. The van der Waals surface area contributed by atoms with Gasteiger partial charge >= 0.3 is 6.03 Å². The van der Waals surface area contributed by atoms with Crippen molar-refractivity contribution >= 4 is 11.7 Å². The average molecular weight is 314 g/mol. The molecule has 0 saturated heterocycles. The van der Waals surface area contributed by atoms with Gasteiger partial charge in [-0.15, -0.1) is 0 Å². The molecule has 2 rings (SSSR count). The Morgan fingerprint density at radius 2 is 1.91 bits per heavy atom. The van der Waals surface area contributed by atoms with Crippen molar-refractivity contribution in [2.45, 2.75) is 13.1 Å². The molecule has 1 heterocycles. The van der Waals surface area contributed by atoms with Crippen LogP contribution in [0.2, 0.25) is 0 Å². The zero-order valence-electron chi connectivity index (χ0n) is 13.7. The maximum absolute atomic E-state index is 12.1. The third kappa shape index (κ3) is 4.96. The Kier molecular flexibility index (Phi) is 5.94. The van der Waals surface area contributed by atoms with Gasteiger partial charge in [0.05, 0.1) is 7.11 Å². The largest absolute Gasteiger partial charge is 0.480 e. The minimum Gasteiger partial charge on any atom is -0.480 e. The first-order valence-electron chi connectivity index (χ1n) is 7.35. The monoisotopic (exact) mass is 314 g/mol. The Morgan fingerprint density at radius 3 is 2.61 bits per heavy atom. The van der Waals surface area contributed by atoms with Crippen LogP contribution in [0.1, 0.15) is 11.1 Å². The van der Waals surface area contributed by atoms with E-state index in [0.717, 1.165) is 12.1 Å². The summed E-state index contributed by atoms with van der Waals surface area (Å²) < 4.78 is 5.11. The molecule has 0 unspecified atom stereocenters. The lowest BCUT2D eigenvalue weighted by molar-refractivity contribution is 0.251. The Morgan fingerprint density at radius 1 is 1.17 bits per heavy atom. The van der Waals surface area contributed by atoms with E-state index in [1.807, 2.05) is 32.3 Å². The highest BCUT2D eigenvalue weighted by Crippen LogP contribution is 2.19. The summed E-state index contributed by atoms with van der Waals surface area (Å²) >= 11 is 0. The van der Waals surface area contributed by atoms with Gasteiger partial charge in [-0.25, -0.2) is 9.78 Å². The van der Waals surface area contributed by atoms with Gasteiger partial charge in [0.1, 0.15) is 5.69 Å². The number of rotatable bonds is 6. The van der Waals surface area contributed by atoms with Crippen LogP contribution in [0.5, 0.6) is 5.88 Å². The molecule has 6 heteroatoms. The van der Waals surface area contributed by atoms with Gasteiger partial charge in [0, 0.05) is 19.3 Å². The molecule has 0 aliphatic rings. The summed E-state index contributed by atoms with van der Waals surface area (Å²) in [4.78, 5) is 18.2. The molecule has 0 aliphatic heterocycles. The number of benzene rings is 1. The third-order valence-electron chi connectivity index (χ3n) is 3.26. The van der Waals surface area contributed by atoms with Crippen LogP contribution in [0.3, 0.4) is 0 Å². The first-order valence-corrected chi connectivity index (χ1v) is 7.35. The number of pyridine rings is 1. The van der Waals surface area contributed by atoms with E-state index in [2.05, 4.69) is 26.6 Å². The fraction of sp³-hybridized carbons (Fsp3) is 0.294. The fourth-order valence-electron chi connectivity index (χ4n) is 2.22. The van der Waals surface area contributed by atoms with Crippen LogP contribution < -0.4 is 15.4 Å². The van der Waals surface area contributed by atoms with Gasteiger partial charge in [-0.3, -0.25) is 0 Å². The molecule has 2 aromatic rings. The standard InChI is InChI=1S/C17H22N4O2/c1-21(2)12-14-8-5-4-7-13(14)11-19-17(22)20-15-9-6-10-18-16(15)23-3/h4-10H,11-12H2,1-3H3,(H2,19,20,22).